The van der Waals surface area contributed by atoms with E-state index in [1.54, 1.807) is 0 Å². The largest absolute Gasteiger partial charge is 0.463 e. The topological polar surface area (TPSA) is 154 Å². The average molecular weight is 442 g/mol. The van der Waals surface area contributed by atoms with Gasteiger partial charge in [0.05, 0.1) is 6.26 Å². The Balaban J connectivity index is 2.41. The molecule has 1 aromatic heterocycles. The van der Waals surface area contributed by atoms with Crippen LogP contribution in [-0.2, 0) is 47.6 Å². The van der Waals surface area contributed by atoms with Crippen LogP contribution >= 0.6 is 0 Å². The van der Waals surface area contributed by atoms with Crippen LogP contribution in [0.3, 0.4) is 0 Å². The predicted octanol–water partition coefficient (Wildman–Crippen LogP) is 0.519. The third-order valence-electron chi connectivity index (χ3n) is 3.89. The molecule has 2 heterocycles. The maximum atomic E-state index is 12.4. The number of hydrogen-bond donors (Lipinski definition) is 0. The highest BCUT2D eigenvalue weighted by atomic mass is 16.7. The average Bonchev–Trinajstić information content (AvgIpc) is 3.18. The summed E-state index contributed by atoms with van der Waals surface area (Å²) in [5, 5.41) is 0. The molecule has 1 aliphatic heterocycles. The minimum atomic E-state index is -1.61. The number of carbonyl (C=O) groups is 5. The summed E-state index contributed by atoms with van der Waals surface area (Å²) in [5.41, 5.74) is 0. The molecule has 5 atom stereocenters. The minimum Gasteiger partial charge on any atom is -0.463 e. The lowest BCUT2D eigenvalue weighted by Gasteiger charge is -2.43. The monoisotopic (exact) mass is 442 g/mol. The molecule has 0 radical (unpaired) electrons. The van der Waals surface area contributed by atoms with Gasteiger partial charge in [0.15, 0.2) is 12.2 Å². The zero-order chi connectivity index (χ0) is 23.1. The van der Waals surface area contributed by atoms with Gasteiger partial charge in [0.1, 0.15) is 12.7 Å². The van der Waals surface area contributed by atoms with Crippen LogP contribution in [-0.4, -0.2) is 67.2 Å². The van der Waals surface area contributed by atoms with Gasteiger partial charge >= 0.3 is 29.8 Å². The molecule has 1 fully saturated rings. The molecule has 5 unspecified atom stereocenters. The Hall–Kier alpha value is -3.41. The van der Waals surface area contributed by atoms with Crippen LogP contribution in [0.2, 0.25) is 0 Å². The van der Waals surface area contributed by atoms with E-state index >= 15 is 0 Å². The molecular formula is C19H22O12. The van der Waals surface area contributed by atoms with E-state index in [0.717, 1.165) is 27.7 Å². The Bertz CT molecular complexity index is 814. The van der Waals surface area contributed by atoms with Crippen LogP contribution in [0.1, 0.15) is 38.2 Å². The maximum absolute atomic E-state index is 12.4. The first kappa shape index (κ1) is 23.9. The van der Waals surface area contributed by atoms with Crippen molar-refractivity contribution in [2.24, 2.45) is 0 Å². The van der Waals surface area contributed by atoms with Gasteiger partial charge in [0.25, 0.3) is 0 Å². The van der Waals surface area contributed by atoms with Gasteiger partial charge in [-0.25, -0.2) is 4.79 Å². The van der Waals surface area contributed by atoms with Gasteiger partial charge in [-0.15, -0.1) is 0 Å². The fourth-order valence-electron chi connectivity index (χ4n) is 2.84. The molecule has 170 valence electrons. The van der Waals surface area contributed by atoms with Gasteiger partial charge in [0, 0.05) is 27.7 Å². The van der Waals surface area contributed by atoms with Crippen molar-refractivity contribution in [3.8, 4) is 0 Å². The van der Waals surface area contributed by atoms with Crippen molar-refractivity contribution in [3.05, 3.63) is 24.2 Å². The number of esters is 5. The van der Waals surface area contributed by atoms with Crippen LogP contribution < -0.4 is 0 Å². The molecule has 1 saturated heterocycles. The highest BCUT2D eigenvalue weighted by Crippen LogP contribution is 2.30. The van der Waals surface area contributed by atoms with Crippen molar-refractivity contribution in [3.63, 3.8) is 0 Å². The number of carbonyl (C=O) groups excluding carboxylic acids is 5. The summed E-state index contributed by atoms with van der Waals surface area (Å²) < 4.78 is 36.4. The molecule has 12 nitrogen and oxygen atoms in total. The quantitative estimate of drug-likeness (QED) is 0.427. The predicted molar refractivity (Wildman–Crippen MR) is 96.1 cm³/mol. The molecule has 2 rings (SSSR count). The van der Waals surface area contributed by atoms with E-state index in [-0.39, 0.29) is 5.76 Å². The van der Waals surface area contributed by atoms with Crippen molar-refractivity contribution >= 4 is 29.8 Å². The number of furan rings is 1. The fraction of sp³-hybridized carbons (Fsp3) is 0.526. The van der Waals surface area contributed by atoms with Crippen LogP contribution in [0.5, 0.6) is 0 Å². The molecule has 1 aliphatic rings. The molecule has 0 aromatic carbocycles. The van der Waals surface area contributed by atoms with Crippen molar-refractivity contribution in [2.75, 3.05) is 6.61 Å². The first-order valence-corrected chi connectivity index (χ1v) is 9.13. The Morgan fingerprint density at radius 1 is 0.806 bits per heavy atom. The molecule has 0 bridgehead atoms. The summed E-state index contributed by atoms with van der Waals surface area (Å²) in [6.07, 6.45) is -5.88. The number of hydrogen-bond acceptors (Lipinski definition) is 12. The van der Waals surface area contributed by atoms with Gasteiger partial charge in [-0.05, 0) is 12.1 Å². The van der Waals surface area contributed by atoms with Gasteiger partial charge in [0.2, 0.25) is 18.2 Å². The molecule has 0 spiro atoms. The van der Waals surface area contributed by atoms with E-state index in [4.69, 9.17) is 32.8 Å². The highest BCUT2D eigenvalue weighted by molar-refractivity contribution is 5.86. The lowest BCUT2D eigenvalue weighted by Crippen LogP contribution is -2.63. The summed E-state index contributed by atoms with van der Waals surface area (Å²) in [4.78, 5) is 58.6. The van der Waals surface area contributed by atoms with Crippen LogP contribution in [0.15, 0.2) is 22.8 Å². The Morgan fingerprint density at radius 2 is 1.39 bits per heavy atom. The first-order chi connectivity index (χ1) is 14.6. The van der Waals surface area contributed by atoms with Crippen molar-refractivity contribution in [1.82, 2.24) is 0 Å². The summed E-state index contributed by atoms with van der Waals surface area (Å²) >= 11 is 0. The van der Waals surface area contributed by atoms with E-state index in [9.17, 15) is 24.0 Å². The van der Waals surface area contributed by atoms with Gasteiger partial charge < -0.3 is 32.8 Å². The Kier molecular flexibility index (Phi) is 8.14. The molecular weight excluding hydrogens is 420 g/mol. The van der Waals surface area contributed by atoms with E-state index in [2.05, 4.69) is 0 Å². The summed E-state index contributed by atoms with van der Waals surface area (Å²) in [5.74, 6) is -4.20. The standard InChI is InChI=1S/C19H22O12/c1-9(20)26-8-14-15(27-10(2)21)16(28-11(3)22)17(29-12(4)23)19(30-14)31-18(24)13-6-5-7-25-13/h5-7,14-17,19H,8H2,1-4H3. The molecule has 0 N–H and O–H groups in total. The lowest BCUT2D eigenvalue weighted by atomic mass is 9.98. The van der Waals surface area contributed by atoms with Crippen molar-refractivity contribution < 1.29 is 56.8 Å². The molecule has 31 heavy (non-hydrogen) atoms. The Labute approximate surface area is 176 Å². The zero-order valence-corrected chi connectivity index (χ0v) is 17.2. The van der Waals surface area contributed by atoms with E-state index in [0.29, 0.717) is 0 Å². The third-order valence-corrected chi connectivity index (χ3v) is 3.89. The highest BCUT2D eigenvalue weighted by Gasteiger charge is 2.53. The molecule has 0 aliphatic carbocycles. The Morgan fingerprint density at radius 3 is 1.90 bits per heavy atom. The van der Waals surface area contributed by atoms with Gasteiger partial charge in [-0.1, -0.05) is 0 Å². The van der Waals surface area contributed by atoms with E-state index < -0.39 is 67.2 Å². The number of rotatable bonds is 7. The van der Waals surface area contributed by atoms with Gasteiger partial charge in [-0.3, -0.25) is 19.2 Å². The SMILES string of the molecule is CC(=O)OCC1OC(OC(=O)c2ccco2)C(OC(C)=O)C(OC(C)=O)C1OC(C)=O. The van der Waals surface area contributed by atoms with E-state index in [1.807, 2.05) is 0 Å². The first-order valence-electron chi connectivity index (χ1n) is 9.13. The second kappa shape index (κ2) is 10.6. The van der Waals surface area contributed by atoms with Crippen LogP contribution in [0.25, 0.3) is 0 Å². The normalized spacial score (nSPS) is 25.1. The smallest absolute Gasteiger partial charge is 0.376 e. The molecule has 0 saturated carbocycles. The molecule has 0 amide bonds. The third kappa shape index (κ3) is 6.81. The summed E-state index contributed by atoms with van der Waals surface area (Å²) in [6, 6.07) is 2.78. The summed E-state index contributed by atoms with van der Waals surface area (Å²) in [6.45, 7) is 3.95. The second-order valence-corrected chi connectivity index (χ2v) is 6.45. The van der Waals surface area contributed by atoms with Crippen molar-refractivity contribution in [1.29, 1.82) is 0 Å². The summed E-state index contributed by atoms with van der Waals surface area (Å²) in [7, 11) is 0. The van der Waals surface area contributed by atoms with Crippen molar-refractivity contribution in [2.45, 2.75) is 58.4 Å². The minimum absolute atomic E-state index is 0.173. The fourth-order valence-corrected chi connectivity index (χ4v) is 2.84. The molecule has 1 aromatic rings. The lowest BCUT2D eigenvalue weighted by molar-refractivity contribution is -0.295. The van der Waals surface area contributed by atoms with Gasteiger partial charge in [-0.2, -0.15) is 0 Å². The van der Waals surface area contributed by atoms with Crippen LogP contribution in [0.4, 0.5) is 0 Å². The molecule has 12 heteroatoms. The van der Waals surface area contributed by atoms with E-state index in [1.165, 1.54) is 18.4 Å². The maximum Gasteiger partial charge on any atom is 0.376 e. The van der Waals surface area contributed by atoms with Crippen LogP contribution in [0, 0.1) is 0 Å². The number of ether oxygens (including phenoxy) is 6. The second-order valence-electron chi connectivity index (χ2n) is 6.45. The zero-order valence-electron chi connectivity index (χ0n) is 17.2.